The Morgan fingerprint density at radius 2 is 2.00 bits per heavy atom. The first-order valence-corrected chi connectivity index (χ1v) is 4.50. The number of rotatable bonds is 1. The van der Waals surface area contributed by atoms with Gasteiger partial charge < -0.3 is 19.0 Å². The van der Waals surface area contributed by atoms with Crippen molar-refractivity contribution in [3.05, 3.63) is 0 Å². The monoisotopic (exact) mass is 186 g/mol. The van der Waals surface area contributed by atoms with Crippen molar-refractivity contribution in [3.8, 4) is 0 Å². The molecule has 2 rings (SSSR count). The molecule has 0 saturated carbocycles. The van der Waals surface area contributed by atoms with Crippen LogP contribution in [0.1, 0.15) is 20.8 Å². The molecule has 0 radical (unpaired) electrons. The maximum atomic E-state index is 10.6. The van der Waals surface area contributed by atoms with Gasteiger partial charge in [0.2, 0.25) is 0 Å². The summed E-state index contributed by atoms with van der Waals surface area (Å²) < 4.78 is 16.4. The van der Waals surface area contributed by atoms with Gasteiger partial charge in [-0.15, -0.1) is 0 Å². The topological polar surface area (TPSA) is 44.8 Å². The van der Waals surface area contributed by atoms with Crippen molar-refractivity contribution in [2.45, 2.75) is 45.1 Å². The molecule has 0 N–H and O–H groups in total. The van der Waals surface area contributed by atoms with Crippen LogP contribution in [-0.4, -0.2) is 30.6 Å². The second-order valence-corrected chi connectivity index (χ2v) is 4.06. The molecule has 0 spiro atoms. The summed E-state index contributed by atoms with van der Waals surface area (Å²) in [6, 6.07) is 0. The fourth-order valence-electron chi connectivity index (χ4n) is 1.84. The lowest BCUT2D eigenvalue weighted by Gasteiger charge is -2.21. The van der Waals surface area contributed by atoms with Crippen LogP contribution in [0, 0.1) is 5.92 Å². The molecule has 0 aliphatic carbocycles. The van der Waals surface area contributed by atoms with Gasteiger partial charge in [-0.2, -0.15) is 0 Å². The van der Waals surface area contributed by atoms with Crippen LogP contribution in [0.3, 0.4) is 0 Å². The van der Waals surface area contributed by atoms with Crippen LogP contribution in [0.5, 0.6) is 0 Å². The van der Waals surface area contributed by atoms with Crippen molar-refractivity contribution in [2.24, 2.45) is 5.92 Å². The van der Waals surface area contributed by atoms with E-state index in [1.54, 1.807) is 0 Å². The molecule has 1 unspecified atom stereocenters. The fourth-order valence-corrected chi connectivity index (χ4v) is 1.84. The lowest BCUT2D eigenvalue weighted by atomic mass is 10.0. The molecule has 2 aliphatic heterocycles. The van der Waals surface area contributed by atoms with Crippen LogP contribution in [-0.2, 0) is 19.0 Å². The van der Waals surface area contributed by atoms with Crippen molar-refractivity contribution in [1.29, 1.82) is 0 Å². The average Bonchev–Trinajstić information content (AvgIpc) is 2.47. The van der Waals surface area contributed by atoms with E-state index < -0.39 is 5.79 Å². The van der Waals surface area contributed by atoms with Crippen LogP contribution in [0.2, 0.25) is 0 Å². The molecule has 13 heavy (non-hydrogen) atoms. The maximum absolute atomic E-state index is 10.6. The highest BCUT2D eigenvalue weighted by atomic mass is 16.8. The van der Waals surface area contributed by atoms with E-state index in [2.05, 4.69) is 0 Å². The number of carbonyl (C=O) groups excluding carboxylic acids is 1. The Morgan fingerprint density at radius 3 is 2.54 bits per heavy atom. The van der Waals surface area contributed by atoms with Crippen molar-refractivity contribution in [3.63, 3.8) is 0 Å². The molecule has 4 nitrogen and oxygen atoms in total. The number of hydrogen-bond donors (Lipinski definition) is 0. The Balaban J connectivity index is 2.11. The Bertz CT molecular complexity index is 226. The van der Waals surface area contributed by atoms with Gasteiger partial charge in [-0.1, -0.05) is 6.92 Å². The van der Waals surface area contributed by atoms with E-state index in [4.69, 9.17) is 14.2 Å². The molecule has 0 aromatic rings. The molecule has 0 aromatic carbocycles. The number of carbonyl (C=O) groups is 1. The lowest BCUT2D eigenvalue weighted by Crippen LogP contribution is -2.29. The molecule has 0 amide bonds. The highest BCUT2D eigenvalue weighted by Crippen LogP contribution is 2.39. The zero-order valence-corrected chi connectivity index (χ0v) is 8.02. The van der Waals surface area contributed by atoms with Crippen LogP contribution in [0.25, 0.3) is 0 Å². The Kier molecular flexibility index (Phi) is 1.94. The molecular formula is C9H14O4. The van der Waals surface area contributed by atoms with Crippen LogP contribution < -0.4 is 0 Å². The van der Waals surface area contributed by atoms with Crippen LogP contribution >= 0.6 is 0 Å². The average molecular weight is 186 g/mol. The van der Waals surface area contributed by atoms with E-state index in [-0.39, 0.29) is 24.4 Å². The second kappa shape index (κ2) is 2.77. The highest BCUT2D eigenvalue weighted by molar-refractivity contribution is 5.57. The molecule has 4 atom stereocenters. The summed E-state index contributed by atoms with van der Waals surface area (Å²) >= 11 is 0. The van der Waals surface area contributed by atoms with Gasteiger partial charge in [0.1, 0.15) is 18.5 Å². The van der Waals surface area contributed by atoms with E-state index in [0.717, 1.165) is 6.29 Å². The summed E-state index contributed by atoms with van der Waals surface area (Å²) in [5.74, 6) is -0.512. The third-order valence-electron chi connectivity index (χ3n) is 2.55. The summed E-state index contributed by atoms with van der Waals surface area (Å²) in [5, 5.41) is 0. The molecule has 2 saturated heterocycles. The number of fused-ring (bicyclic) bond motifs is 1. The largest absolute Gasteiger partial charge is 0.341 e. The predicted octanol–water partition coefficient (Wildman–Crippen LogP) is 0.698. The Morgan fingerprint density at radius 1 is 1.31 bits per heavy atom. The zero-order chi connectivity index (χ0) is 9.64. The number of ether oxygens (including phenoxy) is 3. The SMILES string of the molecule is CC1[C@H]2OC(C)(C)O[C@H]2O[C@@H]1C=O. The summed E-state index contributed by atoms with van der Waals surface area (Å²) in [4.78, 5) is 10.6. The van der Waals surface area contributed by atoms with Gasteiger partial charge in [0, 0.05) is 5.92 Å². The molecule has 0 aromatic heterocycles. The van der Waals surface area contributed by atoms with Crippen molar-refractivity contribution in [1.82, 2.24) is 0 Å². The van der Waals surface area contributed by atoms with Gasteiger partial charge in [0.15, 0.2) is 12.1 Å². The molecule has 2 heterocycles. The number of aldehydes is 1. The highest BCUT2D eigenvalue weighted by Gasteiger charge is 2.52. The first kappa shape index (κ1) is 9.12. The van der Waals surface area contributed by atoms with Crippen LogP contribution in [0.4, 0.5) is 0 Å². The minimum atomic E-state index is -0.586. The molecule has 2 aliphatic rings. The summed E-state index contributed by atoms with van der Waals surface area (Å²) in [6.07, 6.45) is -0.0561. The normalized spacial score (nSPS) is 47.6. The van der Waals surface area contributed by atoms with Crippen LogP contribution in [0.15, 0.2) is 0 Å². The predicted molar refractivity (Wildman–Crippen MR) is 43.9 cm³/mol. The van der Waals surface area contributed by atoms with Gasteiger partial charge in [-0.3, -0.25) is 0 Å². The molecule has 74 valence electrons. The van der Waals surface area contributed by atoms with Gasteiger partial charge in [-0.05, 0) is 13.8 Å². The minimum Gasteiger partial charge on any atom is -0.341 e. The smallest absolute Gasteiger partial charge is 0.188 e. The summed E-state index contributed by atoms with van der Waals surface area (Å²) in [5.41, 5.74) is 0. The fraction of sp³-hybridized carbons (Fsp3) is 0.889. The van der Waals surface area contributed by atoms with Crippen molar-refractivity contribution >= 4 is 6.29 Å². The summed E-state index contributed by atoms with van der Waals surface area (Å²) in [6.45, 7) is 5.63. The quantitative estimate of drug-likeness (QED) is 0.565. The van der Waals surface area contributed by atoms with Crippen molar-refractivity contribution < 1.29 is 19.0 Å². The third kappa shape index (κ3) is 1.39. The van der Waals surface area contributed by atoms with Crippen molar-refractivity contribution in [2.75, 3.05) is 0 Å². The van der Waals surface area contributed by atoms with Gasteiger partial charge in [-0.25, -0.2) is 0 Å². The zero-order valence-electron chi connectivity index (χ0n) is 8.02. The molecule has 0 bridgehead atoms. The minimum absolute atomic E-state index is 0.0734. The molecule has 4 heteroatoms. The standard InChI is InChI=1S/C9H14O4/c1-5-6(4-10)11-8-7(5)12-9(2,3)13-8/h4-8H,1-3H3/t5?,6-,7-,8-/m1/s1. The summed E-state index contributed by atoms with van der Waals surface area (Å²) in [7, 11) is 0. The number of hydrogen-bond acceptors (Lipinski definition) is 4. The van der Waals surface area contributed by atoms with E-state index >= 15 is 0 Å². The van der Waals surface area contributed by atoms with E-state index in [1.165, 1.54) is 0 Å². The van der Waals surface area contributed by atoms with E-state index in [0.29, 0.717) is 0 Å². The lowest BCUT2D eigenvalue weighted by molar-refractivity contribution is -0.207. The Hall–Kier alpha value is -0.450. The first-order valence-electron chi connectivity index (χ1n) is 4.50. The second-order valence-electron chi connectivity index (χ2n) is 4.06. The maximum Gasteiger partial charge on any atom is 0.188 e. The van der Waals surface area contributed by atoms with E-state index in [9.17, 15) is 4.79 Å². The van der Waals surface area contributed by atoms with Gasteiger partial charge in [0.05, 0.1) is 0 Å². The van der Waals surface area contributed by atoms with E-state index in [1.807, 2.05) is 20.8 Å². The Labute approximate surface area is 77.1 Å². The molecular weight excluding hydrogens is 172 g/mol. The molecule has 2 fully saturated rings. The first-order chi connectivity index (χ1) is 6.03. The van der Waals surface area contributed by atoms with Gasteiger partial charge in [0.25, 0.3) is 0 Å². The third-order valence-corrected chi connectivity index (χ3v) is 2.55. The van der Waals surface area contributed by atoms with Gasteiger partial charge >= 0.3 is 0 Å².